The van der Waals surface area contributed by atoms with E-state index in [-0.39, 0.29) is 5.69 Å². The predicted molar refractivity (Wildman–Crippen MR) is 74.7 cm³/mol. The Morgan fingerprint density at radius 3 is 2.72 bits per heavy atom. The van der Waals surface area contributed by atoms with Crippen LogP contribution in [0.15, 0.2) is 18.2 Å². The lowest BCUT2D eigenvalue weighted by atomic mass is 10.1. The fraction of sp³-hybridized carbons (Fsp3) is 0.538. The summed E-state index contributed by atoms with van der Waals surface area (Å²) in [5, 5.41) is 13.9. The van der Waals surface area contributed by atoms with Crippen molar-refractivity contribution in [3.8, 4) is 0 Å². The molecule has 0 saturated heterocycles. The fourth-order valence-electron chi connectivity index (χ4n) is 1.83. The number of benzene rings is 1. The van der Waals surface area contributed by atoms with Gasteiger partial charge in [0.2, 0.25) is 0 Å². The Morgan fingerprint density at radius 1 is 1.44 bits per heavy atom. The maximum absolute atomic E-state index is 10.6. The minimum Gasteiger partial charge on any atom is -0.397 e. The van der Waals surface area contributed by atoms with Gasteiger partial charge in [-0.25, -0.2) is 0 Å². The SMILES string of the molecule is CCCCCC(C)Nc1ccc([N+](=O)[O-])cc1N. The third kappa shape index (κ3) is 4.24. The summed E-state index contributed by atoms with van der Waals surface area (Å²) in [7, 11) is 0. The van der Waals surface area contributed by atoms with Gasteiger partial charge in [0.25, 0.3) is 5.69 Å². The van der Waals surface area contributed by atoms with Crippen molar-refractivity contribution in [1.82, 2.24) is 0 Å². The van der Waals surface area contributed by atoms with Crippen LogP contribution in [0, 0.1) is 10.1 Å². The third-order valence-corrected chi connectivity index (χ3v) is 2.89. The maximum atomic E-state index is 10.6. The van der Waals surface area contributed by atoms with Gasteiger partial charge >= 0.3 is 0 Å². The molecule has 0 fully saturated rings. The van der Waals surface area contributed by atoms with Crippen LogP contribution in [0.25, 0.3) is 0 Å². The van der Waals surface area contributed by atoms with E-state index in [2.05, 4.69) is 19.2 Å². The van der Waals surface area contributed by atoms with Crippen LogP contribution >= 0.6 is 0 Å². The number of nitrogens with two attached hydrogens (primary N) is 1. The van der Waals surface area contributed by atoms with E-state index in [1.165, 1.54) is 31.4 Å². The van der Waals surface area contributed by atoms with Crippen LogP contribution in [-0.4, -0.2) is 11.0 Å². The van der Waals surface area contributed by atoms with Crippen molar-refractivity contribution >= 4 is 17.1 Å². The van der Waals surface area contributed by atoms with E-state index in [4.69, 9.17) is 5.73 Å². The molecule has 0 aliphatic rings. The zero-order valence-electron chi connectivity index (χ0n) is 11.0. The molecular formula is C13H21N3O2. The quantitative estimate of drug-likeness (QED) is 0.336. The molecule has 0 aliphatic carbocycles. The molecule has 0 saturated carbocycles. The highest BCUT2D eigenvalue weighted by Crippen LogP contribution is 2.25. The summed E-state index contributed by atoms with van der Waals surface area (Å²) in [5.74, 6) is 0. The number of unbranched alkanes of at least 4 members (excludes halogenated alkanes) is 2. The fourth-order valence-corrected chi connectivity index (χ4v) is 1.83. The smallest absolute Gasteiger partial charge is 0.271 e. The molecule has 0 amide bonds. The van der Waals surface area contributed by atoms with Gasteiger partial charge in [-0.3, -0.25) is 10.1 Å². The van der Waals surface area contributed by atoms with Gasteiger partial charge in [0.05, 0.1) is 16.3 Å². The average molecular weight is 251 g/mol. The lowest BCUT2D eigenvalue weighted by molar-refractivity contribution is -0.384. The number of nitrogens with zero attached hydrogens (tertiary/aromatic N) is 1. The number of non-ortho nitro benzene ring substituents is 1. The first kappa shape index (κ1) is 14.3. The number of nitrogens with one attached hydrogen (secondary N) is 1. The lowest BCUT2D eigenvalue weighted by Gasteiger charge is -2.16. The summed E-state index contributed by atoms with van der Waals surface area (Å²) in [5.41, 5.74) is 7.01. The molecule has 0 bridgehead atoms. The summed E-state index contributed by atoms with van der Waals surface area (Å²) in [6.07, 6.45) is 4.68. The van der Waals surface area contributed by atoms with E-state index >= 15 is 0 Å². The molecule has 3 N–H and O–H groups in total. The summed E-state index contributed by atoms with van der Waals surface area (Å²) < 4.78 is 0. The topological polar surface area (TPSA) is 81.2 Å². The Morgan fingerprint density at radius 2 is 2.17 bits per heavy atom. The Hall–Kier alpha value is -1.78. The number of rotatable bonds is 7. The van der Waals surface area contributed by atoms with Gasteiger partial charge in [-0.15, -0.1) is 0 Å². The zero-order valence-corrected chi connectivity index (χ0v) is 11.0. The highest BCUT2D eigenvalue weighted by molar-refractivity contribution is 5.69. The van der Waals surface area contributed by atoms with Gasteiger partial charge in [0.1, 0.15) is 0 Å². The average Bonchev–Trinajstić information content (AvgIpc) is 2.32. The Labute approximate surface area is 108 Å². The largest absolute Gasteiger partial charge is 0.397 e. The molecule has 1 atom stereocenters. The summed E-state index contributed by atoms with van der Waals surface area (Å²) in [6, 6.07) is 4.85. The first-order valence-corrected chi connectivity index (χ1v) is 6.35. The Balaban J connectivity index is 2.59. The molecule has 1 aromatic carbocycles. The molecule has 0 aromatic heterocycles. The minimum atomic E-state index is -0.440. The summed E-state index contributed by atoms with van der Waals surface area (Å²) >= 11 is 0. The van der Waals surface area contributed by atoms with Gasteiger partial charge in [-0.1, -0.05) is 26.2 Å². The normalized spacial score (nSPS) is 12.1. The van der Waals surface area contributed by atoms with Crippen LogP contribution < -0.4 is 11.1 Å². The van der Waals surface area contributed by atoms with E-state index in [9.17, 15) is 10.1 Å². The number of hydrogen-bond donors (Lipinski definition) is 2. The third-order valence-electron chi connectivity index (χ3n) is 2.89. The van der Waals surface area contributed by atoms with Crippen LogP contribution in [-0.2, 0) is 0 Å². The van der Waals surface area contributed by atoms with E-state index in [0.717, 1.165) is 12.1 Å². The molecule has 5 heteroatoms. The zero-order chi connectivity index (χ0) is 13.5. The van der Waals surface area contributed by atoms with Crippen molar-refractivity contribution < 1.29 is 4.92 Å². The molecule has 0 heterocycles. The molecule has 0 spiro atoms. The second-order valence-corrected chi connectivity index (χ2v) is 4.57. The number of nitro groups is 1. The van der Waals surface area contributed by atoms with E-state index in [0.29, 0.717) is 11.7 Å². The molecule has 1 aromatic rings. The van der Waals surface area contributed by atoms with E-state index in [1.807, 2.05) is 0 Å². The van der Waals surface area contributed by atoms with Crippen LogP contribution in [0.4, 0.5) is 17.1 Å². The van der Waals surface area contributed by atoms with Crippen molar-refractivity contribution in [2.45, 2.75) is 45.6 Å². The number of nitro benzene ring substituents is 1. The molecule has 0 aliphatic heterocycles. The minimum absolute atomic E-state index is 0.0247. The standard InChI is InChI=1S/C13H21N3O2/c1-3-4-5-6-10(2)15-13-8-7-11(16(17)18)9-12(13)14/h7-10,15H,3-6,14H2,1-2H3. The molecule has 1 unspecified atom stereocenters. The molecule has 5 nitrogen and oxygen atoms in total. The van der Waals surface area contributed by atoms with Crippen LogP contribution in [0.2, 0.25) is 0 Å². The first-order chi connectivity index (χ1) is 8.54. The van der Waals surface area contributed by atoms with Crippen molar-refractivity contribution in [2.24, 2.45) is 0 Å². The van der Waals surface area contributed by atoms with E-state index < -0.39 is 4.92 Å². The Bertz CT molecular complexity index is 407. The van der Waals surface area contributed by atoms with E-state index in [1.54, 1.807) is 6.07 Å². The molecule has 18 heavy (non-hydrogen) atoms. The molecule has 100 valence electrons. The van der Waals surface area contributed by atoms with Gasteiger partial charge in [-0.05, 0) is 19.4 Å². The monoisotopic (exact) mass is 251 g/mol. The number of hydrogen-bond acceptors (Lipinski definition) is 4. The molecule has 1 rings (SSSR count). The first-order valence-electron chi connectivity index (χ1n) is 6.35. The van der Waals surface area contributed by atoms with Crippen molar-refractivity contribution in [3.05, 3.63) is 28.3 Å². The maximum Gasteiger partial charge on any atom is 0.271 e. The van der Waals surface area contributed by atoms with Crippen LogP contribution in [0.3, 0.4) is 0 Å². The highest BCUT2D eigenvalue weighted by atomic mass is 16.6. The molecular weight excluding hydrogens is 230 g/mol. The molecule has 0 radical (unpaired) electrons. The van der Waals surface area contributed by atoms with Gasteiger partial charge in [0, 0.05) is 18.2 Å². The van der Waals surface area contributed by atoms with Gasteiger partial charge in [-0.2, -0.15) is 0 Å². The second-order valence-electron chi connectivity index (χ2n) is 4.57. The summed E-state index contributed by atoms with van der Waals surface area (Å²) in [6.45, 7) is 4.27. The van der Waals surface area contributed by atoms with Crippen molar-refractivity contribution in [3.63, 3.8) is 0 Å². The number of anilines is 2. The van der Waals surface area contributed by atoms with Gasteiger partial charge in [0.15, 0.2) is 0 Å². The summed E-state index contributed by atoms with van der Waals surface area (Å²) in [4.78, 5) is 10.2. The van der Waals surface area contributed by atoms with Crippen LogP contribution in [0.5, 0.6) is 0 Å². The highest BCUT2D eigenvalue weighted by Gasteiger charge is 2.10. The van der Waals surface area contributed by atoms with Crippen LogP contribution in [0.1, 0.15) is 39.5 Å². The van der Waals surface area contributed by atoms with Crippen molar-refractivity contribution in [1.29, 1.82) is 0 Å². The Kier molecular flexibility index (Phi) is 5.42. The van der Waals surface area contributed by atoms with Crippen molar-refractivity contribution in [2.75, 3.05) is 11.1 Å². The van der Waals surface area contributed by atoms with Gasteiger partial charge < -0.3 is 11.1 Å². The predicted octanol–water partition coefficient (Wildman–Crippen LogP) is 3.56. The lowest BCUT2D eigenvalue weighted by Crippen LogP contribution is -2.16. The second kappa shape index (κ2) is 6.83. The number of nitrogen functional groups attached to an aromatic ring is 1.